The van der Waals surface area contributed by atoms with Gasteiger partial charge in [-0.1, -0.05) is 0 Å². The van der Waals surface area contributed by atoms with E-state index in [1.165, 1.54) is 0 Å². The molecule has 0 atom stereocenters. The summed E-state index contributed by atoms with van der Waals surface area (Å²) in [6.45, 7) is -3.71. The van der Waals surface area contributed by atoms with Crippen molar-refractivity contribution in [1.29, 1.82) is 0 Å². The molecule has 0 unspecified atom stereocenters. The summed E-state index contributed by atoms with van der Waals surface area (Å²) >= 11 is -0.726. The summed E-state index contributed by atoms with van der Waals surface area (Å²) in [4.78, 5) is 0. The van der Waals surface area contributed by atoms with Gasteiger partial charge in [-0.3, -0.25) is 0 Å². The standard InChI is InChI=1S/In.Na.O3S.2H/c;;1-4(2)3;;/q;+1;-1;;. The quantitative estimate of drug-likeness (QED) is 0.303. The maximum Gasteiger partial charge on any atom is 1.00 e. The molecule has 6 heteroatoms. The van der Waals surface area contributed by atoms with Crippen molar-refractivity contribution in [2.45, 2.75) is 0 Å². The molecule has 6 heavy (non-hydrogen) atoms. The summed E-state index contributed by atoms with van der Waals surface area (Å²) in [7, 11) is 0. The molecular formula is H2InNaO3S. The van der Waals surface area contributed by atoms with E-state index in [0.717, 1.165) is 0 Å². The first-order chi connectivity index (χ1) is 2.00. The molecule has 0 saturated carbocycles. The topological polar surface area (TPSA) is 57.2 Å². The van der Waals surface area contributed by atoms with E-state index in [-0.39, 0.29) is 29.6 Å². The summed E-state index contributed by atoms with van der Waals surface area (Å²) in [5.74, 6) is 0. The maximum atomic E-state index is 9.17. The molecular weight excluding hydrogens is 218 g/mol. The largest absolute Gasteiger partial charge is 1.00 e. The van der Waals surface area contributed by atoms with Crippen molar-refractivity contribution in [2.24, 2.45) is 0 Å². The summed E-state index contributed by atoms with van der Waals surface area (Å²) in [6, 6.07) is 0. The first-order valence-electron chi connectivity index (χ1n) is 0.908. The Morgan fingerprint density at radius 1 is 1.50 bits per heavy atom. The Labute approximate surface area is 71.4 Å². The van der Waals surface area contributed by atoms with E-state index in [0.29, 0.717) is 0 Å². The Balaban J connectivity index is 0. The van der Waals surface area contributed by atoms with Gasteiger partial charge in [0.25, 0.3) is 0 Å². The average Bonchev–Trinajstić information content (AvgIpc) is 0.722. The molecule has 0 radical (unpaired) electrons. The predicted molar refractivity (Wildman–Crippen MR) is 18.2 cm³/mol. The van der Waals surface area contributed by atoms with Crippen LogP contribution in [0.1, 0.15) is 0 Å². The molecule has 30 valence electrons. The second-order valence-electron chi connectivity index (χ2n) is 0.704. The van der Waals surface area contributed by atoms with E-state index in [4.69, 9.17) is 13.0 Å². The molecule has 0 aromatic rings. The van der Waals surface area contributed by atoms with Gasteiger partial charge in [-0.2, -0.15) is 0 Å². The smallest absolute Gasteiger partial charge is 1.00 e. The van der Waals surface area contributed by atoms with Crippen LogP contribution in [0.5, 0.6) is 0 Å². The van der Waals surface area contributed by atoms with Crippen LogP contribution >= 0.6 is 0 Å². The summed E-state index contributed by atoms with van der Waals surface area (Å²) in [6.07, 6.45) is 0. The van der Waals surface area contributed by atoms with E-state index in [1.807, 2.05) is 0 Å². The van der Waals surface area contributed by atoms with Gasteiger partial charge >= 0.3 is 72.4 Å². The molecule has 0 aromatic heterocycles. The van der Waals surface area contributed by atoms with Crippen molar-refractivity contribution in [3.63, 3.8) is 0 Å². The monoisotopic (exact) mass is 220 g/mol. The van der Waals surface area contributed by atoms with Crippen LogP contribution in [0, 0.1) is 0 Å². The third-order valence-electron chi connectivity index (χ3n) is 0. The van der Waals surface area contributed by atoms with Gasteiger partial charge < -0.3 is 0 Å². The van der Waals surface area contributed by atoms with Crippen LogP contribution < -0.4 is 29.6 Å². The zero-order valence-electron chi connectivity index (χ0n) is 3.63. The van der Waals surface area contributed by atoms with E-state index < -0.39 is 29.9 Å². The molecule has 0 N–H and O–H groups in total. The third-order valence-corrected chi connectivity index (χ3v) is 0. The Kier molecular flexibility index (Phi) is 6.68. The summed E-state index contributed by atoms with van der Waals surface area (Å²) in [5, 5.41) is 0. The minimum atomic E-state index is -3.71. The average molecular weight is 220 g/mol. The molecule has 0 aliphatic rings. The number of hydrogen-bond acceptors (Lipinski definition) is 3. The van der Waals surface area contributed by atoms with Gasteiger partial charge in [0, 0.05) is 0 Å². The van der Waals surface area contributed by atoms with E-state index >= 15 is 0 Å². The Morgan fingerprint density at radius 3 is 1.50 bits per heavy atom. The molecule has 0 spiro atoms. The maximum absolute atomic E-state index is 9.17. The molecule has 0 fully saturated rings. The van der Waals surface area contributed by atoms with Crippen molar-refractivity contribution in [3.05, 3.63) is 0 Å². The fourth-order valence-electron chi connectivity index (χ4n) is 0. The molecule has 0 aliphatic carbocycles. The Morgan fingerprint density at radius 2 is 1.50 bits per heavy atom. The fourth-order valence-corrected chi connectivity index (χ4v) is 0. The van der Waals surface area contributed by atoms with Gasteiger partial charge in [-0.15, -0.1) is 0 Å². The molecule has 3 nitrogen and oxygen atoms in total. The van der Waals surface area contributed by atoms with Crippen LogP contribution in [0.25, 0.3) is 0 Å². The van der Waals surface area contributed by atoms with Crippen molar-refractivity contribution in [3.8, 4) is 0 Å². The third kappa shape index (κ3) is 41.7. The van der Waals surface area contributed by atoms with E-state index in [9.17, 15) is 0 Å². The molecule has 0 rings (SSSR count). The normalized spacial score (nSPS) is 9.50. The van der Waals surface area contributed by atoms with Crippen molar-refractivity contribution >= 4 is 29.9 Å². The van der Waals surface area contributed by atoms with Crippen LogP contribution in [-0.4, -0.2) is 35.9 Å². The van der Waals surface area contributed by atoms with Crippen molar-refractivity contribution < 1.29 is 42.5 Å². The van der Waals surface area contributed by atoms with Gasteiger partial charge in [0.15, 0.2) is 0 Å². The summed E-state index contributed by atoms with van der Waals surface area (Å²) < 4.78 is 27.5. The van der Waals surface area contributed by atoms with Crippen LogP contribution in [0.15, 0.2) is 0 Å². The van der Waals surface area contributed by atoms with Crippen LogP contribution in [0.2, 0.25) is 0 Å². The molecule has 0 saturated heterocycles. The molecule has 0 aliphatic heterocycles. The molecule has 0 amide bonds. The minimum absolute atomic E-state index is 0. The second-order valence-corrected chi connectivity index (χ2v) is 10.7. The number of hydrogen-bond donors (Lipinski definition) is 0. The predicted octanol–water partition coefficient (Wildman–Crippen LogP) is -4.92. The first-order valence-corrected chi connectivity index (χ1v) is 9.72. The summed E-state index contributed by atoms with van der Waals surface area (Å²) in [5.41, 5.74) is 0. The molecule has 0 heterocycles. The second kappa shape index (κ2) is 3.74. The van der Waals surface area contributed by atoms with Gasteiger partial charge in [-0.05, 0) is 0 Å². The van der Waals surface area contributed by atoms with E-state index in [2.05, 4.69) is 0 Å². The van der Waals surface area contributed by atoms with Crippen molar-refractivity contribution in [2.75, 3.05) is 0 Å². The van der Waals surface area contributed by atoms with E-state index in [1.54, 1.807) is 0 Å². The Hall–Kier alpha value is 1.78. The van der Waals surface area contributed by atoms with Gasteiger partial charge in [0.2, 0.25) is 0 Å². The first kappa shape index (κ1) is 10.7. The van der Waals surface area contributed by atoms with Gasteiger partial charge in [0.1, 0.15) is 0 Å². The van der Waals surface area contributed by atoms with Crippen LogP contribution in [-0.2, 0) is 6.94 Å². The van der Waals surface area contributed by atoms with Crippen molar-refractivity contribution in [1.82, 2.24) is 0 Å². The molecule has 0 bridgehead atoms. The zero-order chi connectivity index (χ0) is 4.50. The molecule has 0 aromatic carbocycles. The van der Waals surface area contributed by atoms with Crippen LogP contribution in [0.3, 0.4) is 0 Å². The van der Waals surface area contributed by atoms with Gasteiger partial charge in [0.05, 0.1) is 0 Å². The fraction of sp³-hybridized carbons (Fsp3) is 0. The number of rotatable bonds is 0. The SMILES string of the molecule is O=[S](=O)([O-])[InH2].[Na+]. The van der Waals surface area contributed by atoms with Crippen LogP contribution in [0.4, 0.5) is 0 Å². The minimum Gasteiger partial charge on any atom is 1.00 e. The zero-order valence-corrected chi connectivity index (χ0v) is 12.2. The Bertz CT molecular complexity index is 94.0. The van der Waals surface area contributed by atoms with Gasteiger partial charge in [-0.25, -0.2) is 0 Å².